The van der Waals surface area contributed by atoms with Crippen LogP contribution in [0.1, 0.15) is 393 Å². The summed E-state index contributed by atoms with van der Waals surface area (Å²) in [5, 5.41) is 23.3. The van der Waals surface area contributed by atoms with E-state index in [1.54, 1.807) is 0 Å². The summed E-state index contributed by atoms with van der Waals surface area (Å²) in [5.41, 5.74) is 0. The molecule has 1 amide bonds. The number of aliphatic hydroxyl groups excluding tert-OH is 2. The molecule has 0 fully saturated rings. The first-order valence-electron chi connectivity index (χ1n) is 35.1. The van der Waals surface area contributed by atoms with Gasteiger partial charge in [-0.05, 0) is 57.8 Å². The van der Waals surface area contributed by atoms with Gasteiger partial charge in [0, 0.05) is 12.8 Å². The molecule has 6 nitrogen and oxygen atoms in total. The zero-order valence-electron chi connectivity index (χ0n) is 52.2. The highest BCUT2D eigenvalue weighted by atomic mass is 16.5. The van der Waals surface area contributed by atoms with Crippen LogP contribution < -0.4 is 5.32 Å². The van der Waals surface area contributed by atoms with Gasteiger partial charge in [-0.2, -0.15) is 0 Å². The minimum atomic E-state index is -0.663. The first kappa shape index (κ1) is 75.3. The van der Waals surface area contributed by atoms with E-state index < -0.39 is 12.1 Å². The van der Waals surface area contributed by atoms with Crippen molar-refractivity contribution in [2.45, 2.75) is 405 Å². The molecular weight excluding hydrogens is 947 g/mol. The fourth-order valence-electron chi connectivity index (χ4n) is 11.1. The number of esters is 1. The number of ether oxygens (including phenoxy) is 1. The zero-order valence-corrected chi connectivity index (χ0v) is 52.2. The van der Waals surface area contributed by atoms with Crippen molar-refractivity contribution < 1.29 is 24.5 Å². The topological polar surface area (TPSA) is 95.9 Å². The van der Waals surface area contributed by atoms with Gasteiger partial charge in [0.1, 0.15) is 0 Å². The van der Waals surface area contributed by atoms with E-state index in [0.29, 0.717) is 25.9 Å². The molecule has 0 heterocycles. The normalized spacial score (nSPS) is 12.6. The average Bonchev–Trinajstić information content (AvgIpc) is 3.43. The number of allylic oxidation sites excluding steroid dienone is 4. The van der Waals surface area contributed by atoms with Gasteiger partial charge in [-0.15, -0.1) is 0 Å². The summed E-state index contributed by atoms with van der Waals surface area (Å²) in [6, 6.07) is -0.540. The third-order valence-corrected chi connectivity index (χ3v) is 16.5. The van der Waals surface area contributed by atoms with Gasteiger partial charge in [0.2, 0.25) is 5.91 Å². The average molecular weight is 1080 g/mol. The summed E-state index contributed by atoms with van der Waals surface area (Å²) in [5.74, 6) is -0.0152. The molecule has 0 saturated heterocycles. The molecule has 0 aromatic carbocycles. The lowest BCUT2D eigenvalue weighted by Crippen LogP contribution is -2.45. The standard InChI is InChI=1S/C71H137NO5/c1-3-5-7-9-11-13-15-17-36-41-45-49-53-57-61-65-71(76)77-66-62-58-54-50-46-42-38-35-33-31-29-27-25-23-21-19-20-22-24-26-28-30-32-34-37-40-44-48-52-56-60-64-70(75)72-68(67-73)69(74)63-59-55-51-47-43-39-18-16-14-12-10-8-6-4-2/h21,23,27,29,68-69,73-74H,3-20,22,24-26,28,30-67H2,1-2H3,(H,72,75)/b23-21-,29-27-. The van der Waals surface area contributed by atoms with Gasteiger partial charge < -0.3 is 20.3 Å². The summed E-state index contributed by atoms with van der Waals surface area (Å²) in [4.78, 5) is 24.6. The quantitative estimate of drug-likeness (QED) is 0.0320. The van der Waals surface area contributed by atoms with Crippen molar-refractivity contribution in [3.63, 3.8) is 0 Å². The molecule has 0 rings (SSSR count). The summed E-state index contributed by atoms with van der Waals surface area (Å²) in [7, 11) is 0. The lowest BCUT2D eigenvalue weighted by Gasteiger charge is -2.22. The molecule has 2 unspecified atom stereocenters. The molecule has 0 aliphatic heterocycles. The van der Waals surface area contributed by atoms with E-state index >= 15 is 0 Å². The van der Waals surface area contributed by atoms with E-state index in [2.05, 4.69) is 43.5 Å². The second-order valence-corrected chi connectivity index (χ2v) is 24.2. The predicted octanol–water partition coefficient (Wildman–Crippen LogP) is 22.5. The molecule has 77 heavy (non-hydrogen) atoms. The Labute approximate surface area is 481 Å². The molecule has 0 aromatic rings. The highest BCUT2D eigenvalue weighted by molar-refractivity contribution is 5.76. The number of hydrogen-bond donors (Lipinski definition) is 3. The number of nitrogens with one attached hydrogen (secondary N) is 1. The molecule has 0 radical (unpaired) electrons. The Bertz CT molecular complexity index is 1200. The number of amides is 1. The Morgan fingerprint density at radius 1 is 0.364 bits per heavy atom. The highest BCUT2D eigenvalue weighted by Crippen LogP contribution is 2.19. The molecule has 0 aliphatic rings. The van der Waals surface area contributed by atoms with Crippen molar-refractivity contribution in [1.29, 1.82) is 0 Å². The predicted molar refractivity (Wildman–Crippen MR) is 338 cm³/mol. The fraction of sp³-hybridized carbons (Fsp3) is 0.915. The van der Waals surface area contributed by atoms with Crippen molar-refractivity contribution in [1.82, 2.24) is 5.32 Å². The van der Waals surface area contributed by atoms with Crippen LogP contribution >= 0.6 is 0 Å². The van der Waals surface area contributed by atoms with Gasteiger partial charge >= 0.3 is 5.97 Å². The fourth-order valence-corrected chi connectivity index (χ4v) is 11.1. The zero-order chi connectivity index (χ0) is 55.7. The lowest BCUT2D eigenvalue weighted by atomic mass is 10.0. The summed E-state index contributed by atoms with van der Waals surface area (Å²) >= 11 is 0. The number of carbonyl (C=O) groups is 2. The first-order valence-corrected chi connectivity index (χ1v) is 35.1. The van der Waals surface area contributed by atoms with E-state index in [4.69, 9.17) is 4.74 Å². The minimum absolute atomic E-state index is 0.0167. The van der Waals surface area contributed by atoms with Crippen LogP contribution in [0, 0.1) is 0 Å². The second kappa shape index (κ2) is 66.8. The van der Waals surface area contributed by atoms with Crippen molar-refractivity contribution in [3.8, 4) is 0 Å². The lowest BCUT2D eigenvalue weighted by molar-refractivity contribution is -0.143. The Hall–Kier alpha value is -1.66. The number of rotatable bonds is 66. The number of carbonyl (C=O) groups excluding carboxylic acids is 2. The van der Waals surface area contributed by atoms with Crippen LogP contribution in [0.25, 0.3) is 0 Å². The van der Waals surface area contributed by atoms with Gasteiger partial charge in [0.15, 0.2) is 0 Å². The maximum absolute atomic E-state index is 12.5. The van der Waals surface area contributed by atoms with Crippen LogP contribution in [-0.2, 0) is 14.3 Å². The molecule has 2 atom stereocenters. The Morgan fingerprint density at radius 3 is 0.987 bits per heavy atom. The second-order valence-electron chi connectivity index (χ2n) is 24.2. The van der Waals surface area contributed by atoms with E-state index in [-0.39, 0.29) is 18.5 Å². The van der Waals surface area contributed by atoms with Crippen LogP contribution in [0.5, 0.6) is 0 Å². The molecular formula is C71H137NO5. The first-order chi connectivity index (χ1) is 38.0. The molecule has 0 spiro atoms. The van der Waals surface area contributed by atoms with Crippen molar-refractivity contribution in [2.24, 2.45) is 0 Å². The van der Waals surface area contributed by atoms with Gasteiger partial charge in [-0.25, -0.2) is 0 Å². The van der Waals surface area contributed by atoms with Crippen molar-refractivity contribution in [2.75, 3.05) is 13.2 Å². The molecule has 0 aliphatic carbocycles. The maximum Gasteiger partial charge on any atom is 0.305 e. The Kier molecular flexibility index (Phi) is 65.4. The minimum Gasteiger partial charge on any atom is -0.466 e. The maximum atomic E-state index is 12.5. The third-order valence-electron chi connectivity index (χ3n) is 16.5. The molecule has 0 saturated carbocycles. The van der Waals surface area contributed by atoms with E-state index in [0.717, 1.165) is 44.9 Å². The highest BCUT2D eigenvalue weighted by Gasteiger charge is 2.20. The van der Waals surface area contributed by atoms with E-state index in [1.807, 2.05) is 0 Å². The summed E-state index contributed by atoms with van der Waals surface area (Å²) in [6.07, 6.45) is 83.7. The monoisotopic (exact) mass is 1080 g/mol. The summed E-state index contributed by atoms with van der Waals surface area (Å²) in [6.45, 7) is 4.98. The molecule has 0 aromatic heterocycles. The van der Waals surface area contributed by atoms with Crippen LogP contribution in [0.3, 0.4) is 0 Å². The Morgan fingerprint density at radius 2 is 0.649 bits per heavy atom. The summed E-state index contributed by atoms with van der Waals surface area (Å²) < 4.78 is 5.49. The van der Waals surface area contributed by atoms with Crippen LogP contribution in [0.2, 0.25) is 0 Å². The smallest absolute Gasteiger partial charge is 0.305 e. The van der Waals surface area contributed by atoms with Crippen molar-refractivity contribution in [3.05, 3.63) is 24.3 Å². The van der Waals surface area contributed by atoms with E-state index in [9.17, 15) is 19.8 Å². The third kappa shape index (κ3) is 63.4. The van der Waals surface area contributed by atoms with Gasteiger partial charge in [-0.1, -0.05) is 346 Å². The van der Waals surface area contributed by atoms with Gasteiger partial charge in [0.05, 0.1) is 25.4 Å². The largest absolute Gasteiger partial charge is 0.466 e. The van der Waals surface area contributed by atoms with E-state index in [1.165, 1.54) is 315 Å². The molecule has 6 heteroatoms. The van der Waals surface area contributed by atoms with Crippen LogP contribution in [0.15, 0.2) is 24.3 Å². The molecule has 3 N–H and O–H groups in total. The van der Waals surface area contributed by atoms with Crippen LogP contribution in [0.4, 0.5) is 0 Å². The van der Waals surface area contributed by atoms with Crippen LogP contribution in [-0.4, -0.2) is 47.4 Å². The number of aliphatic hydroxyl groups is 2. The SMILES string of the molecule is CCCCCCCCCCCCCCCCCC(=O)OCCCCCCCCCCC/C=C\C/C=C\CCCCCCCCCCCCCCCCCC(=O)NC(CO)C(O)CCCCCCCCCCCCCCCC. The Balaban J connectivity index is 3.37. The molecule has 456 valence electrons. The number of unbranched alkanes of at least 4 members (excludes halogenated alkanes) is 51. The van der Waals surface area contributed by atoms with Crippen molar-refractivity contribution >= 4 is 11.9 Å². The van der Waals surface area contributed by atoms with Gasteiger partial charge in [-0.3, -0.25) is 9.59 Å². The molecule has 0 bridgehead atoms. The number of hydrogen-bond acceptors (Lipinski definition) is 5. The van der Waals surface area contributed by atoms with Gasteiger partial charge in [0.25, 0.3) is 0 Å².